The van der Waals surface area contributed by atoms with Gasteiger partial charge in [-0.3, -0.25) is 0 Å². The Bertz CT molecular complexity index is 634. The number of para-hydroxylation sites is 1. The third-order valence-electron chi connectivity index (χ3n) is 4.10. The number of aromatic amines is 1. The minimum atomic E-state index is -0.133. The van der Waals surface area contributed by atoms with Crippen molar-refractivity contribution in [3.8, 4) is 0 Å². The van der Waals surface area contributed by atoms with Crippen molar-refractivity contribution in [1.29, 1.82) is 0 Å². The van der Waals surface area contributed by atoms with Crippen molar-refractivity contribution < 1.29 is 9.90 Å². The van der Waals surface area contributed by atoms with Crippen LogP contribution in [0, 0.1) is 5.41 Å². The lowest BCUT2D eigenvalue weighted by molar-refractivity contribution is 0.148. The van der Waals surface area contributed by atoms with Crippen molar-refractivity contribution >= 4 is 16.9 Å². The maximum absolute atomic E-state index is 11.7. The van der Waals surface area contributed by atoms with Crippen molar-refractivity contribution in [2.45, 2.75) is 33.1 Å². The van der Waals surface area contributed by atoms with Gasteiger partial charge >= 0.3 is 6.03 Å². The fourth-order valence-electron chi connectivity index (χ4n) is 2.56. The highest BCUT2D eigenvalue weighted by Gasteiger charge is 2.15. The van der Waals surface area contributed by atoms with Crippen LogP contribution in [-0.2, 0) is 6.42 Å². The minimum Gasteiger partial charge on any atom is -0.396 e. The second-order valence-corrected chi connectivity index (χ2v) is 6.72. The van der Waals surface area contributed by atoms with Gasteiger partial charge in [-0.15, -0.1) is 0 Å². The Kier molecular flexibility index (Phi) is 6.04. The number of hydrogen-bond acceptors (Lipinski definition) is 2. The monoisotopic (exact) mass is 317 g/mol. The van der Waals surface area contributed by atoms with Gasteiger partial charge in [-0.2, -0.15) is 0 Å². The van der Waals surface area contributed by atoms with E-state index in [0.717, 1.165) is 24.8 Å². The average molecular weight is 317 g/mol. The molecule has 0 aliphatic heterocycles. The molecular formula is C18H27N3O2. The first-order chi connectivity index (χ1) is 11.0. The molecule has 23 heavy (non-hydrogen) atoms. The summed E-state index contributed by atoms with van der Waals surface area (Å²) >= 11 is 0. The largest absolute Gasteiger partial charge is 0.396 e. The molecule has 0 radical (unpaired) electrons. The number of H-pyrrole nitrogens is 1. The molecule has 0 unspecified atom stereocenters. The second kappa shape index (κ2) is 8.02. The van der Waals surface area contributed by atoms with Gasteiger partial charge in [-0.05, 0) is 36.3 Å². The Morgan fingerprint density at radius 3 is 2.74 bits per heavy atom. The van der Waals surface area contributed by atoms with E-state index in [4.69, 9.17) is 0 Å². The number of nitrogens with one attached hydrogen (secondary N) is 3. The maximum Gasteiger partial charge on any atom is 0.314 e. The summed E-state index contributed by atoms with van der Waals surface area (Å²) in [6.07, 6.45) is 4.55. The predicted molar refractivity (Wildman–Crippen MR) is 93.5 cm³/mol. The van der Waals surface area contributed by atoms with Crippen molar-refractivity contribution in [2.75, 3.05) is 19.7 Å². The highest BCUT2D eigenvalue weighted by Crippen LogP contribution is 2.20. The van der Waals surface area contributed by atoms with E-state index in [9.17, 15) is 9.90 Å². The summed E-state index contributed by atoms with van der Waals surface area (Å²) in [6, 6.07) is 8.03. The molecule has 5 heteroatoms. The maximum atomic E-state index is 11.7. The summed E-state index contributed by atoms with van der Waals surface area (Å²) in [5.74, 6) is 0. The lowest BCUT2D eigenvalue weighted by atomic mass is 9.89. The molecule has 0 aliphatic carbocycles. The first-order valence-corrected chi connectivity index (χ1v) is 8.19. The molecular weight excluding hydrogens is 290 g/mol. The summed E-state index contributed by atoms with van der Waals surface area (Å²) < 4.78 is 0. The summed E-state index contributed by atoms with van der Waals surface area (Å²) in [4.78, 5) is 15.0. The van der Waals surface area contributed by atoms with Gasteiger partial charge in [0, 0.05) is 36.8 Å². The predicted octanol–water partition coefficient (Wildman–Crippen LogP) is 2.81. The molecule has 5 nitrogen and oxygen atoms in total. The van der Waals surface area contributed by atoms with Crippen LogP contribution < -0.4 is 10.6 Å². The average Bonchev–Trinajstić information content (AvgIpc) is 2.95. The Morgan fingerprint density at radius 2 is 1.96 bits per heavy atom. The molecule has 126 valence electrons. The van der Waals surface area contributed by atoms with Crippen LogP contribution >= 0.6 is 0 Å². The van der Waals surface area contributed by atoms with Gasteiger partial charge in [0.25, 0.3) is 0 Å². The van der Waals surface area contributed by atoms with E-state index < -0.39 is 0 Å². The Hall–Kier alpha value is -2.01. The van der Waals surface area contributed by atoms with Crippen LogP contribution in [0.25, 0.3) is 10.9 Å². The van der Waals surface area contributed by atoms with Crippen LogP contribution in [0.4, 0.5) is 4.79 Å². The second-order valence-electron chi connectivity index (χ2n) is 6.72. The zero-order chi connectivity index (χ0) is 16.7. The molecule has 0 saturated carbocycles. The zero-order valence-electron chi connectivity index (χ0n) is 14.0. The van der Waals surface area contributed by atoms with E-state index in [-0.39, 0.29) is 18.1 Å². The summed E-state index contributed by atoms with van der Waals surface area (Å²) in [5.41, 5.74) is 2.26. The normalized spacial score (nSPS) is 11.6. The van der Waals surface area contributed by atoms with Gasteiger partial charge in [-0.1, -0.05) is 32.0 Å². The number of benzene rings is 1. The summed E-state index contributed by atoms with van der Waals surface area (Å²) in [7, 11) is 0. The lowest BCUT2D eigenvalue weighted by Gasteiger charge is -2.21. The van der Waals surface area contributed by atoms with Crippen LogP contribution in [0.15, 0.2) is 30.5 Å². The molecule has 2 amide bonds. The summed E-state index contributed by atoms with van der Waals surface area (Å²) in [5, 5.41) is 16.1. The Balaban J connectivity index is 1.65. The molecule has 1 aromatic carbocycles. The zero-order valence-corrected chi connectivity index (χ0v) is 14.0. The van der Waals surface area contributed by atoms with Crippen LogP contribution in [0.3, 0.4) is 0 Å². The van der Waals surface area contributed by atoms with Crippen LogP contribution in [-0.4, -0.2) is 35.8 Å². The van der Waals surface area contributed by atoms with Gasteiger partial charge < -0.3 is 20.7 Å². The summed E-state index contributed by atoms with van der Waals surface area (Å²) in [6.45, 7) is 5.45. The minimum absolute atomic E-state index is 0.0759. The molecule has 1 heterocycles. The van der Waals surface area contributed by atoms with Gasteiger partial charge in [0.1, 0.15) is 0 Å². The van der Waals surface area contributed by atoms with Crippen molar-refractivity contribution in [3.63, 3.8) is 0 Å². The Labute approximate surface area is 137 Å². The molecule has 0 spiro atoms. The topological polar surface area (TPSA) is 77.2 Å². The van der Waals surface area contributed by atoms with Crippen LogP contribution in [0.2, 0.25) is 0 Å². The molecule has 4 N–H and O–H groups in total. The smallest absolute Gasteiger partial charge is 0.314 e. The highest BCUT2D eigenvalue weighted by molar-refractivity contribution is 5.83. The molecule has 2 aromatic rings. The van der Waals surface area contributed by atoms with Crippen LogP contribution in [0.5, 0.6) is 0 Å². The van der Waals surface area contributed by atoms with E-state index in [1.807, 2.05) is 38.2 Å². The molecule has 1 aromatic heterocycles. The van der Waals surface area contributed by atoms with Gasteiger partial charge in [-0.25, -0.2) is 4.79 Å². The number of aromatic nitrogens is 1. The molecule has 0 atom stereocenters. The number of amides is 2. The van der Waals surface area contributed by atoms with Crippen LogP contribution in [0.1, 0.15) is 32.3 Å². The van der Waals surface area contributed by atoms with Gasteiger partial charge in [0.2, 0.25) is 0 Å². The van der Waals surface area contributed by atoms with Gasteiger partial charge in [0.15, 0.2) is 0 Å². The number of hydrogen-bond donors (Lipinski definition) is 4. The number of aliphatic hydroxyl groups is 1. The first-order valence-electron chi connectivity index (χ1n) is 8.19. The van der Waals surface area contributed by atoms with E-state index in [1.54, 1.807) is 0 Å². The van der Waals surface area contributed by atoms with Crippen molar-refractivity contribution in [3.05, 3.63) is 36.0 Å². The number of fused-ring (bicyclic) bond motifs is 1. The van der Waals surface area contributed by atoms with E-state index in [2.05, 4.69) is 21.7 Å². The highest BCUT2D eigenvalue weighted by atomic mass is 16.3. The van der Waals surface area contributed by atoms with Crippen molar-refractivity contribution in [2.24, 2.45) is 5.41 Å². The fourth-order valence-corrected chi connectivity index (χ4v) is 2.56. The standard InChI is InChI=1S/C18H27N3O2/c1-18(2,13-22)9-5-10-19-17(23)20-11-8-14-12-21-16-7-4-3-6-15(14)16/h3-4,6-7,12,21-22H,5,8-11,13H2,1-2H3,(H2,19,20,23). The number of urea groups is 1. The lowest BCUT2D eigenvalue weighted by Crippen LogP contribution is -2.37. The van der Waals surface area contributed by atoms with Crippen molar-refractivity contribution in [1.82, 2.24) is 15.6 Å². The van der Waals surface area contributed by atoms with E-state index in [1.165, 1.54) is 10.9 Å². The van der Waals surface area contributed by atoms with E-state index >= 15 is 0 Å². The molecule has 0 aliphatic rings. The fraction of sp³-hybridized carbons (Fsp3) is 0.500. The molecule has 0 saturated heterocycles. The van der Waals surface area contributed by atoms with Gasteiger partial charge in [0.05, 0.1) is 0 Å². The third-order valence-corrected chi connectivity index (χ3v) is 4.10. The number of carbonyl (C=O) groups is 1. The Morgan fingerprint density at radius 1 is 1.22 bits per heavy atom. The number of aliphatic hydroxyl groups excluding tert-OH is 1. The first kappa shape index (κ1) is 17.3. The number of rotatable bonds is 8. The SMILES string of the molecule is CC(C)(CO)CCCNC(=O)NCCc1c[nH]c2ccccc12. The molecule has 0 fully saturated rings. The molecule has 2 rings (SSSR count). The number of carbonyl (C=O) groups excluding carboxylic acids is 1. The third kappa shape index (κ3) is 5.28. The quantitative estimate of drug-likeness (QED) is 0.565. The van der Waals surface area contributed by atoms with E-state index in [0.29, 0.717) is 13.1 Å². The molecule has 0 bridgehead atoms.